The Labute approximate surface area is 158 Å². The molecule has 0 bridgehead atoms. The van der Waals surface area contributed by atoms with E-state index in [0.29, 0.717) is 45.0 Å². The van der Waals surface area contributed by atoms with Crippen LogP contribution in [0.1, 0.15) is 28.9 Å². The molecule has 0 spiro atoms. The molecule has 0 unspecified atom stereocenters. The van der Waals surface area contributed by atoms with Crippen LogP contribution in [-0.4, -0.2) is 70.7 Å². The Morgan fingerprint density at radius 2 is 1.89 bits per heavy atom. The Morgan fingerprint density at radius 1 is 1.15 bits per heavy atom. The van der Waals surface area contributed by atoms with Gasteiger partial charge in [-0.05, 0) is 25.8 Å². The van der Waals surface area contributed by atoms with E-state index in [4.69, 9.17) is 4.74 Å². The second-order valence-electron chi connectivity index (χ2n) is 7.13. The monoisotopic (exact) mass is 368 g/mol. The Balaban J connectivity index is 1.50. The lowest BCUT2D eigenvalue weighted by Gasteiger charge is -2.32. The Bertz CT molecular complexity index is 824. The number of carbonyl (C=O) groups is 2. The number of carbonyl (C=O) groups excluding carboxylic acids is 2. The van der Waals surface area contributed by atoms with Crippen molar-refractivity contribution in [1.29, 1.82) is 0 Å². The summed E-state index contributed by atoms with van der Waals surface area (Å²) in [5, 5.41) is 7.13. The van der Waals surface area contributed by atoms with Crippen molar-refractivity contribution >= 4 is 11.8 Å². The standard InChI is InChI=1S/C20H24N4O3/c1-14-4-6-15(7-5-14)16-13-17(22-21-16)19(25)24-8-2-3-18(24)20(26)23-9-11-27-12-10-23/h4-7,13,18H,2-3,8-12H2,1H3,(H,21,22)/t18-/m0/s1. The first kappa shape index (κ1) is 17.7. The van der Waals surface area contributed by atoms with Crippen molar-refractivity contribution in [3.8, 4) is 11.3 Å². The molecule has 2 amide bonds. The SMILES string of the molecule is Cc1ccc(-c2cc(C(=O)N3CCC[C@H]3C(=O)N3CCOCC3)[nH]n2)cc1. The molecule has 3 heterocycles. The maximum Gasteiger partial charge on any atom is 0.272 e. The largest absolute Gasteiger partial charge is 0.378 e. The van der Waals surface area contributed by atoms with E-state index < -0.39 is 0 Å². The van der Waals surface area contributed by atoms with Crippen LogP contribution in [0.5, 0.6) is 0 Å². The van der Waals surface area contributed by atoms with E-state index in [0.717, 1.165) is 17.7 Å². The first-order chi connectivity index (χ1) is 13.1. The lowest BCUT2D eigenvalue weighted by Crippen LogP contribution is -2.51. The molecule has 27 heavy (non-hydrogen) atoms. The molecular weight excluding hydrogens is 344 g/mol. The summed E-state index contributed by atoms with van der Waals surface area (Å²) >= 11 is 0. The maximum absolute atomic E-state index is 13.0. The topological polar surface area (TPSA) is 78.5 Å². The lowest BCUT2D eigenvalue weighted by atomic mass is 10.1. The number of nitrogens with zero attached hydrogens (tertiary/aromatic N) is 3. The summed E-state index contributed by atoms with van der Waals surface area (Å²) in [5.74, 6) is -0.132. The molecule has 2 saturated heterocycles. The van der Waals surface area contributed by atoms with Crippen molar-refractivity contribution in [2.24, 2.45) is 0 Å². The summed E-state index contributed by atoms with van der Waals surface area (Å²) in [5.41, 5.74) is 3.28. The third-order valence-electron chi connectivity index (χ3n) is 5.28. The molecule has 4 rings (SSSR count). The van der Waals surface area contributed by atoms with E-state index >= 15 is 0 Å². The van der Waals surface area contributed by atoms with Gasteiger partial charge in [0.05, 0.1) is 18.9 Å². The molecule has 2 fully saturated rings. The molecule has 1 aromatic carbocycles. The van der Waals surface area contributed by atoms with Crippen LogP contribution < -0.4 is 0 Å². The van der Waals surface area contributed by atoms with Gasteiger partial charge in [-0.15, -0.1) is 0 Å². The van der Waals surface area contributed by atoms with E-state index in [-0.39, 0.29) is 17.9 Å². The average Bonchev–Trinajstić information content (AvgIpc) is 3.38. The summed E-state index contributed by atoms with van der Waals surface area (Å²) in [6, 6.07) is 9.38. The second-order valence-corrected chi connectivity index (χ2v) is 7.13. The highest BCUT2D eigenvalue weighted by Gasteiger charge is 2.37. The van der Waals surface area contributed by atoms with Crippen LogP contribution in [0.25, 0.3) is 11.3 Å². The predicted octanol–water partition coefficient (Wildman–Crippen LogP) is 1.85. The van der Waals surface area contributed by atoms with Gasteiger partial charge >= 0.3 is 0 Å². The number of H-pyrrole nitrogens is 1. The first-order valence-corrected chi connectivity index (χ1v) is 9.43. The quantitative estimate of drug-likeness (QED) is 0.897. The molecule has 2 aliphatic heterocycles. The van der Waals surface area contributed by atoms with Gasteiger partial charge in [0.2, 0.25) is 5.91 Å². The van der Waals surface area contributed by atoms with Gasteiger partial charge in [0.1, 0.15) is 11.7 Å². The zero-order valence-electron chi connectivity index (χ0n) is 15.5. The van der Waals surface area contributed by atoms with Gasteiger partial charge in [-0.25, -0.2) is 0 Å². The van der Waals surface area contributed by atoms with Crippen molar-refractivity contribution in [2.45, 2.75) is 25.8 Å². The number of likely N-dealkylation sites (tertiary alicyclic amines) is 1. The molecule has 2 aromatic rings. The number of amides is 2. The van der Waals surface area contributed by atoms with Gasteiger partial charge in [0.15, 0.2) is 0 Å². The fraction of sp³-hybridized carbons (Fsp3) is 0.450. The van der Waals surface area contributed by atoms with E-state index in [1.165, 1.54) is 5.56 Å². The number of ether oxygens (including phenoxy) is 1. The van der Waals surface area contributed by atoms with Crippen molar-refractivity contribution in [1.82, 2.24) is 20.0 Å². The van der Waals surface area contributed by atoms with E-state index in [2.05, 4.69) is 10.2 Å². The van der Waals surface area contributed by atoms with Crippen LogP contribution in [0.4, 0.5) is 0 Å². The molecule has 7 heteroatoms. The van der Waals surface area contributed by atoms with Crippen LogP contribution in [0.2, 0.25) is 0 Å². The molecule has 2 aliphatic rings. The highest BCUT2D eigenvalue weighted by atomic mass is 16.5. The summed E-state index contributed by atoms with van der Waals surface area (Å²) in [6.07, 6.45) is 1.55. The minimum Gasteiger partial charge on any atom is -0.378 e. The molecule has 7 nitrogen and oxygen atoms in total. The maximum atomic E-state index is 13.0. The van der Waals surface area contributed by atoms with Gasteiger partial charge in [0, 0.05) is 25.2 Å². The average molecular weight is 368 g/mol. The number of aromatic amines is 1. The van der Waals surface area contributed by atoms with E-state index in [1.54, 1.807) is 11.0 Å². The molecule has 142 valence electrons. The van der Waals surface area contributed by atoms with Crippen molar-refractivity contribution < 1.29 is 14.3 Å². The van der Waals surface area contributed by atoms with Crippen LogP contribution in [0.15, 0.2) is 30.3 Å². The minimum absolute atomic E-state index is 0.0300. The normalized spacial score (nSPS) is 20.1. The van der Waals surface area contributed by atoms with Gasteiger partial charge in [0.25, 0.3) is 5.91 Å². The summed E-state index contributed by atoms with van der Waals surface area (Å²) in [7, 11) is 0. The van der Waals surface area contributed by atoms with Crippen LogP contribution in [0, 0.1) is 6.92 Å². The third kappa shape index (κ3) is 3.60. The molecular formula is C20H24N4O3. The number of aryl methyl sites for hydroxylation is 1. The number of nitrogens with one attached hydrogen (secondary N) is 1. The van der Waals surface area contributed by atoms with Crippen LogP contribution in [-0.2, 0) is 9.53 Å². The summed E-state index contributed by atoms with van der Waals surface area (Å²) < 4.78 is 5.32. The van der Waals surface area contributed by atoms with Crippen molar-refractivity contribution in [3.05, 3.63) is 41.6 Å². The summed E-state index contributed by atoms with van der Waals surface area (Å²) in [6.45, 7) is 4.94. The number of hydrogen-bond acceptors (Lipinski definition) is 4. The molecule has 1 N–H and O–H groups in total. The number of hydrogen-bond donors (Lipinski definition) is 1. The van der Waals surface area contributed by atoms with Crippen molar-refractivity contribution in [2.75, 3.05) is 32.8 Å². The third-order valence-corrected chi connectivity index (χ3v) is 5.28. The van der Waals surface area contributed by atoms with Gasteiger partial charge in [-0.2, -0.15) is 5.10 Å². The minimum atomic E-state index is -0.387. The molecule has 1 aromatic heterocycles. The van der Waals surface area contributed by atoms with E-state index in [1.807, 2.05) is 36.1 Å². The molecule has 0 aliphatic carbocycles. The first-order valence-electron chi connectivity index (χ1n) is 9.43. The van der Waals surface area contributed by atoms with Crippen molar-refractivity contribution in [3.63, 3.8) is 0 Å². The number of rotatable bonds is 3. The molecule has 1 atom stereocenters. The number of morpholine rings is 1. The highest BCUT2D eigenvalue weighted by molar-refractivity contribution is 5.97. The Hall–Kier alpha value is -2.67. The fourth-order valence-corrected chi connectivity index (χ4v) is 3.72. The van der Waals surface area contributed by atoms with Crippen LogP contribution >= 0.6 is 0 Å². The highest BCUT2D eigenvalue weighted by Crippen LogP contribution is 2.24. The van der Waals surface area contributed by atoms with Gasteiger partial charge in [-0.1, -0.05) is 29.8 Å². The lowest BCUT2D eigenvalue weighted by molar-refractivity contribution is -0.139. The van der Waals surface area contributed by atoms with Gasteiger partial charge in [-0.3, -0.25) is 14.7 Å². The second kappa shape index (κ2) is 7.52. The fourth-order valence-electron chi connectivity index (χ4n) is 3.72. The van der Waals surface area contributed by atoms with Crippen LogP contribution in [0.3, 0.4) is 0 Å². The van der Waals surface area contributed by atoms with E-state index in [9.17, 15) is 9.59 Å². The number of benzene rings is 1. The zero-order valence-corrected chi connectivity index (χ0v) is 15.5. The Kier molecular flexibility index (Phi) is 4.94. The molecule has 0 radical (unpaired) electrons. The number of aromatic nitrogens is 2. The summed E-state index contributed by atoms with van der Waals surface area (Å²) in [4.78, 5) is 29.4. The molecule has 0 saturated carbocycles. The van der Waals surface area contributed by atoms with Gasteiger partial charge < -0.3 is 14.5 Å². The smallest absolute Gasteiger partial charge is 0.272 e. The predicted molar refractivity (Wildman–Crippen MR) is 100 cm³/mol. The Morgan fingerprint density at radius 3 is 2.63 bits per heavy atom. The zero-order chi connectivity index (χ0) is 18.8.